The highest BCUT2D eigenvalue weighted by Crippen LogP contribution is 2.55. The van der Waals surface area contributed by atoms with Crippen molar-refractivity contribution in [3.63, 3.8) is 0 Å². The highest BCUT2D eigenvalue weighted by Gasteiger charge is 2.43. The molecule has 6 aromatic rings. The second-order valence-electron chi connectivity index (χ2n) is 10.7. The number of rotatable bonds is 4. The highest BCUT2D eigenvalue weighted by atomic mass is 28.3. The van der Waals surface area contributed by atoms with Gasteiger partial charge in [-0.2, -0.15) is 0 Å². The van der Waals surface area contributed by atoms with Crippen LogP contribution in [-0.4, -0.2) is 18.0 Å². The van der Waals surface area contributed by atoms with E-state index in [1.165, 1.54) is 65.3 Å². The van der Waals surface area contributed by atoms with Gasteiger partial charge in [0.05, 0.1) is 0 Å². The molecule has 0 bridgehead atoms. The summed E-state index contributed by atoms with van der Waals surface area (Å²) in [6.07, 6.45) is 7.68. The summed E-state index contributed by atoms with van der Waals surface area (Å²) in [4.78, 5) is 8.69. The van der Waals surface area contributed by atoms with Crippen molar-refractivity contribution in [1.29, 1.82) is 0 Å². The first-order chi connectivity index (χ1) is 19.1. The summed E-state index contributed by atoms with van der Waals surface area (Å²) in [5, 5.41) is 7.74. The van der Waals surface area contributed by atoms with E-state index in [9.17, 15) is 0 Å². The zero-order chi connectivity index (χ0) is 26.4. The molecular formula is C36H28N2Si. The van der Waals surface area contributed by atoms with Crippen molar-refractivity contribution in [3.8, 4) is 0 Å². The number of hydrogen-bond donors (Lipinski definition) is 0. The molecule has 0 spiro atoms. The van der Waals surface area contributed by atoms with Crippen LogP contribution in [0, 0.1) is 0 Å². The number of benzene rings is 4. The first kappa shape index (κ1) is 23.5. The minimum absolute atomic E-state index is 1.17. The average Bonchev–Trinajstić information content (AvgIpc) is 3.24. The van der Waals surface area contributed by atoms with Crippen LogP contribution in [-0.2, 0) is 0 Å². The second kappa shape index (κ2) is 9.30. The molecule has 0 N–H and O–H groups in total. The molecule has 0 saturated carbocycles. The van der Waals surface area contributed by atoms with E-state index in [-0.39, 0.29) is 0 Å². The van der Waals surface area contributed by atoms with Crippen LogP contribution in [0.15, 0.2) is 134 Å². The van der Waals surface area contributed by atoms with Gasteiger partial charge in [0.15, 0.2) is 0 Å². The van der Waals surface area contributed by atoms with Gasteiger partial charge in [0.2, 0.25) is 0 Å². The van der Waals surface area contributed by atoms with Crippen molar-refractivity contribution >= 4 is 51.2 Å². The summed E-state index contributed by atoms with van der Waals surface area (Å²) in [6.45, 7) is 5.04. The summed E-state index contributed by atoms with van der Waals surface area (Å²) in [5.74, 6) is 0. The Morgan fingerprint density at radius 1 is 0.436 bits per heavy atom. The number of aromatic nitrogens is 2. The monoisotopic (exact) mass is 516 g/mol. The number of allylic oxidation sites excluding steroid dienone is 2. The summed E-state index contributed by atoms with van der Waals surface area (Å²) >= 11 is 0. The Kier molecular flexibility index (Phi) is 5.61. The van der Waals surface area contributed by atoms with Crippen LogP contribution < -0.4 is 0 Å². The van der Waals surface area contributed by atoms with E-state index in [4.69, 9.17) is 0 Å². The molecule has 39 heavy (non-hydrogen) atoms. The maximum Gasteiger partial charge on any atom is 0.115 e. The Labute approximate surface area is 230 Å². The lowest BCUT2D eigenvalue weighted by molar-refractivity contribution is 1.36. The number of pyridine rings is 2. The van der Waals surface area contributed by atoms with Crippen LogP contribution in [0.2, 0.25) is 13.1 Å². The third-order valence-corrected chi connectivity index (χ3v) is 11.6. The van der Waals surface area contributed by atoms with E-state index in [2.05, 4.69) is 132 Å². The van der Waals surface area contributed by atoms with Gasteiger partial charge in [-0.15, -0.1) is 0 Å². The van der Waals surface area contributed by atoms with Crippen LogP contribution in [0.25, 0.3) is 43.1 Å². The van der Waals surface area contributed by atoms with Crippen LogP contribution in [0.4, 0.5) is 0 Å². The largest absolute Gasteiger partial charge is 0.264 e. The summed E-state index contributed by atoms with van der Waals surface area (Å²) in [6, 6.07) is 39.9. The molecular weight excluding hydrogens is 488 g/mol. The Morgan fingerprint density at radius 3 is 1.31 bits per heavy atom. The van der Waals surface area contributed by atoms with Crippen molar-refractivity contribution < 1.29 is 0 Å². The van der Waals surface area contributed by atoms with Gasteiger partial charge in [-0.1, -0.05) is 98.0 Å². The molecule has 0 atom stereocenters. The van der Waals surface area contributed by atoms with E-state index >= 15 is 0 Å². The third-order valence-electron chi connectivity index (χ3n) is 7.98. The lowest BCUT2D eigenvalue weighted by Gasteiger charge is -2.27. The van der Waals surface area contributed by atoms with Gasteiger partial charge in [0, 0.05) is 35.6 Å². The standard InChI is InChI=1S/C36H28N2Si/c1-39(2)35(29-13-15-31-23-37-19-17-27(31)21-29)33(25-9-5-3-6-10-25)34(26-11-7-4-8-12-26)36(39)30-14-16-32-24-38-20-18-28(32)22-30/h3-24H,1-2H3. The normalized spacial score (nSPS) is 14.9. The van der Waals surface area contributed by atoms with Crippen molar-refractivity contribution in [2.75, 3.05) is 0 Å². The van der Waals surface area contributed by atoms with Crippen molar-refractivity contribution in [1.82, 2.24) is 9.97 Å². The lowest BCUT2D eigenvalue weighted by Crippen LogP contribution is -2.28. The van der Waals surface area contributed by atoms with Crippen molar-refractivity contribution in [3.05, 3.63) is 156 Å². The fourth-order valence-corrected chi connectivity index (χ4v) is 10.1. The van der Waals surface area contributed by atoms with Gasteiger partial charge in [0.25, 0.3) is 0 Å². The van der Waals surface area contributed by atoms with Crippen LogP contribution in [0.5, 0.6) is 0 Å². The van der Waals surface area contributed by atoms with Gasteiger partial charge in [-0.3, -0.25) is 9.97 Å². The van der Waals surface area contributed by atoms with E-state index in [1.807, 2.05) is 24.8 Å². The zero-order valence-electron chi connectivity index (χ0n) is 22.1. The second-order valence-corrected chi connectivity index (χ2v) is 15.0. The molecule has 1 aliphatic heterocycles. The molecule has 3 heteroatoms. The molecule has 0 amide bonds. The predicted octanol–water partition coefficient (Wildman–Crippen LogP) is 9.11. The SMILES string of the molecule is C[Si]1(C)C(c2ccc3cnccc3c2)=C(c2ccccc2)C(c2ccccc2)=C1c1ccc2cnccc2c1. The molecule has 4 aromatic carbocycles. The average molecular weight is 517 g/mol. The Hall–Kier alpha value is -4.60. The van der Waals surface area contributed by atoms with Gasteiger partial charge in [-0.25, -0.2) is 0 Å². The Morgan fingerprint density at radius 2 is 0.872 bits per heavy atom. The molecule has 186 valence electrons. The number of hydrogen-bond acceptors (Lipinski definition) is 2. The maximum atomic E-state index is 4.34. The zero-order valence-corrected chi connectivity index (χ0v) is 23.1. The molecule has 1 aliphatic rings. The first-order valence-corrected chi connectivity index (χ1v) is 16.4. The van der Waals surface area contributed by atoms with E-state index in [1.54, 1.807) is 0 Å². The quantitative estimate of drug-likeness (QED) is 0.218. The molecule has 0 fully saturated rings. The molecule has 2 aromatic heterocycles. The lowest BCUT2D eigenvalue weighted by atomic mass is 9.89. The predicted molar refractivity (Wildman–Crippen MR) is 167 cm³/mol. The van der Waals surface area contributed by atoms with E-state index in [0.717, 1.165) is 0 Å². The molecule has 7 rings (SSSR count). The smallest absolute Gasteiger partial charge is 0.115 e. The van der Waals surface area contributed by atoms with Crippen molar-refractivity contribution in [2.45, 2.75) is 13.1 Å². The first-order valence-electron chi connectivity index (χ1n) is 13.4. The van der Waals surface area contributed by atoms with Crippen LogP contribution >= 0.6 is 0 Å². The highest BCUT2D eigenvalue weighted by molar-refractivity contribution is 7.13. The van der Waals surface area contributed by atoms with Crippen LogP contribution in [0.1, 0.15) is 22.3 Å². The fourth-order valence-electron chi connectivity index (χ4n) is 6.28. The minimum Gasteiger partial charge on any atom is -0.264 e. The fraction of sp³-hybridized carbons (Fsp3) is 0.0556. The third kappa shape index (κ3) is 3.94. The topological polar surface area (TPSA) is 25.8 Å². The summed E-state index contributed by atoms with van der Waals surface area (Å²) in [7, 11) is -2.22. The summed E-state index contributed by atoms with van der Waals surface area (Å²) < 4.78 is 0. The minimum atomic E-state index is -2.22. The molecule has 0 radical (unpaired) electrons. The van der Waals surface area contributed by atoms with E-state index in [0.29, 0.717) is 0 Å². The van der Waals surface area contributed by atoms with Crippen LogP contribution in [0.3, 0.4) is 0 Å². The van der Waals surface area contributed by atoms with Crippen molar-refractivity contribution in [2.24, 2.45) is 0 Å². The van der Waals surface area contributed by atoms with E-state index < -0.39 is 8.07 Å². The number of nitrogens with zero attached hydrogens (tertiary/aromatic N) is 2. The molecule has 0 unspecified atom stereocenters. The Balaban J connectivity index is 1.59. The number of fused-ring (bicyclic) bond motifs is 2. The van der Waals surface area contributed by atoms with Gasteiger partial charge < -0.3 is 0 Å². The molecule has 0 aliphatic carbocycles. The molecule has 0 saturated heterocycles. The van der Waals surface area contributed by atoms with Gasteiger partial charge >= 0.3 is 0 Å². The maximum absolute atomic E-state index is 4.34. The molecule has 3 heterocycles. The Bertz CT molecular complexity index is 1780. The van der Waals surface area contributed by atoms with Gasteiger partial charge in [-0.05, 0) is 78.8 Å². The summed E-state index contributed by atoms with van der Waals surface area (Å²) in [5.41, 5.74) is 7.85. The van der Waals surface area contributed by atoms with Gasteiger partial charge in [0.1, 0.15) is 8.07 Å². The molecule has 2 nitrogen and oxygen atoms in total.